The number of carbonyl (C=O) groups is 2. The first kappa shape index (κ1) is 17.0. The third-order valence-electron chi connectivity index (χ3n) is 3.18. The number of ether oxygens (including phenoxy) is 1. The zero-order valence-electron chi connectivity index (χ0n) is 13.1. The summed E-state index contributed by atoms with van der Waals surface area (Å²) < 4.78 is 5.08. The van der Waals surface area contributed by atoms with Crippen molar-refractivity contribution >= 4 is 29.3 Å². The van der Waals surface area contributed by atoms with E-state index in [9.17, 15) is 9.59 Å². The van der Waals surface area contributed by atoms with Crippen molar-refractivity contribution in [1.29, 1.82) is 0 Å². The average Bonchev–Trinajstić information content (AvgIpc) is 3.05. The lowest BCUT2D eigenvalue weighted by atomic mass is 10.1. The molecule has 4 nitrogen and oxygen atoms in total. The van der Waals surface area contributed by atoms with E-state index < -0.39 is 12.1 Å². The zero-order valence-corrected chi connectivity index (χ0v) is 13.9. The van der Waals surface area contributed by atoms with Gasteiger partial charge in [-0.3, -0.25) is 4.79 Å². The van der Waals surface area contributed by atoms with Crippen LogP contribution in [0, 0.1) is 6.92 Å². The Morgan fingerprint density at radius 3 is 2.65 bits per heavy atom. The largest absolute Gasteiger partial charge is 0.449 e. The fraction of sp³-hybridized carbons (Fsp3) is 0.222. The standard InChI is InChI=1S/C18H19NO3S/c1-13-5-7-15(8-6-13)12-19-18(21)14(2)22-17(20)10-9-16-4-3-11-23-16/h3-11,14H,12H2,1-2H3,(H,19,21)/b10-9+/t14-/m0/s1. The molecule has 1 aromatic heterocycles. The van der Waals surface area contributed by atoms with Gasteiger partial charge in [-0.25, -0.2) is 4.79 Å². The second-order valence-electron chi connectivity index (χ2n) is 5.13. The minimum absolute atomic E-state index is 0.316. The van der Waals surface area contributed by atoms with Crippen molar-refractivity contribution in [3.05, 3.63) is 63.9 Å². The first-order valence-electron chi connectivity index (χ1n) is 7.30. The van der Waals surface area contributed by atoms with Crippen molar-refractivity contribution < 1.29 is 14.3 Å². The number of nitrogens with one attached hydrogen (secondary N) is 1. The molecule has 120 valence electrons. The van der Waals surface area contributed by atoms with Crippen molar-refractivity contribution in [3.63, 3.8) is 0 Å². The molecule has 0 aliphatic carbocycles. The van der Waals surface area contributed by atoms with Gasteiger partial charge < -0.3 is 10.1 Å². The van der Waals surface area contributed by atoms with Gasteiger partial charge in [0, 0.05) is 17.5 Å². The normalized spacial score (nSPS) is 12.1. The smallest absolute Gasteiger partial charge is 0.331 e. The molecule has 23 heavy (non-hydrogen) atoms. The highest BCUT2D eigenvalue weighted by atomic mass is 32.1. The molecule has 2 rings (SSSR count). The number of rotatable bonds is 6. The quantitative estimate of drug-likeness (QED) is 0.653. The van der Waals surface area contributed by atoms with Crippen molar-refractivity contribution in [1.82, 2.24) is 5.32 Å². The van der Waals surface area contributed by atoms with Crippen LogP contribution in [0.1, 0.15) is 22.9 Å². The first-order valence-corrected chi connectivity index (χ1v) is 8.18. The van der Waals surface area contributed by atoms with Gasteiger partial charge in [0.25, 0.3) is 5.91 Å². The Bertz CT molecular complexity index is 675. The van der Waals surface area contributed by atoms with Crippen LogP contribution in [0.15, 0.2) is 47.9 Å². The Morgan fingerprint density at radius 2 is 2.00 bits per heavy atom. The molecule has 1 amide bonds. The van der Waals surface area contributed by atoms with Crippen molar-refractivity contribution in [2.24, 2.45) is 0 Å². The lowest BCUT2D eigenvalue weighted by molar-refractivity contribution is -0.150. The van der Waals surface area contributed by atoms with Gasteiger partial charge in [0.1, 0.15) is 0 Å². The highest BCUT2D eigenvalue weighted by Gasteiger charge is 2.16. The van der Waals surface area contributed by atoms with Crippen LogP contribution in [0.5, 0.6) is 0 Å². The minimum atomic E-state index is -0.832. The van der Waals surface area contributed by atoms with Gasteiger partial charge in [-0.2, -0.15) is 0 Å². The molecule has 0 spiro atoms. The van der Waals surface area contributed by atoms with Crippen LogP contribution in [0.4, 0.5) is 0 Å². The SMILES string of the molecule is Cc1ccc(CNC(=O)[C@H](C)OC(=O)/C=C/c2cccs2)cc1. The van der Waals surface area contributed by atoms with E-state index in [1.165, 1.54) is 23.0 Å². The van der Waals surface area contributed by atoms with Crippen LogP contribution in [0.25, 0.3) is 6.08 Å². The molecule has 2 aromatic rings. The molecule has 0 aliphatic rings. The first-order chi connectivity index (χ1) is 11.0. The Labute approximate surface area is 139 Å². The summed E-state index contributed by atoms with van der Waals surface area (Å²) in [5, 5.41) is 4.68. The third kappa shape index (κ3) is 5.71. The van der Waals surface area contributed by atoms with Gasteiger partial charge in [-0.15, -0.1) is 11.3 Å². The van der Waals surface area contributed by atoms with Crippen molar-refractivity contribution in [2.45, 2.75) is 26.5 Å². The summed E-state index contributed by atoms with van der Waals surface area (Å²) in [5.41, 5.74) is 2.17. The van der Waals surface area contributed by atoms with E-state index in [-0.39, 0.29) is 5.91 Å². The van der Waals surface area contributed by atoms with E-state index in [2.05, 4.69) is 5.32 Å². The second kappa shape index (κ2) is 8.29. The van der Waals surface area contributed by atoms with Crippen LogP contribution in [-0.2, 0) is 20.9 Å². The van der Waals surface area contributed by atoms with Crippen molar-refractivity contribution in [3.8, 4) is 0 Å². The summed E-state index contributed by atoms with van der Waals surface area (Å²) >= 11 is 1.52. The van der Waals surface area contributed by atoms with Crippen LogP contribution < -0.4 is 5.32 Å². The Morgan fingerprint density at radius 1 is 1.26 bits per heavy atom. The maximum absolute atomic E-state index is 11.9. The Hall–Kier alpha value is -2.40. The monoisotopic (exact) mass is 329 g/mol. The summed E-state index contributed by atoms with van der Waals surface area (Å²) in [4.78, 5) is 24.6. The van der Waals surface area contributed by atoms with Gasteiger partial charge in [-0.05, 0) is 36.9 Å². The highest BCUT2D eigenvalue weighted by Crippen LogP contribution is 2.10. The maximum atomic E-state index is 11.9. The van der Waals surface area contributed by atoms with Crippen LogP contribution in [0.3, 0.4) is 0 Å². The predicted octanol–water partition coefficient (Wildman–Crippen LogP) is 3.32. The molecule has 0 saturated carbocycles. The number of hydrogen-bond acceptors (Lipinski definition) is 4. The molecule has 1 N–H and O–H groups in total. The minimum Gasteiger partial charge on any atom is -0.449 e. The van der Waals surface area contributed by atoms with E-state index in [4.69, 9.17) is 4.74 Å². The number of carbonyl (C=O) groups excluding carboxylic acids is 2. The summed E-state index contributed by atoms with van der Waals surface area (Å²) in [7, 11) is 0. The number of thiophene rings is 1. The maximum Gasteiger partial charge on any atom is 0.331 e. The number of aryl methyl sites for hydroxylation is 1. The average molecular weight is 329 g/mol. The highest BCUT2D eigenvalue weighted by molar-refractivity contribution is 7.10. The molecular formula is C18H19NO3S. The fourth-order valence-electron chi connectivity index (χ4n) is 1.84. The molecule has 1 aromatic carbocycles. The zero-order chi connectivity index (χ0) is 16.7. The topological polar surface area (TPSA) is 55.4 Å². The van der Waals surface area contributed by atoms with Crippen LogP contribution in [-0.4, -0.2) is 18.0 Å². The molecule has 0 bridgehead atoms. The summed E-state index contributed by atoms with van der Waals surface area (Å²) in [6.07, 6.45) is 2.17. The molecule has 0 unspecified atom stereocenters. The lowest BCUT2D eigenvalue weighted by Crippen LogP contribution is -2.35. The van der Waals surface area contributed by atoms with E-state index in [0.717, 1.165) is 10.4 Å². The van der Waals surface area contributed by atoms with Crippen LogP contribution in [0.2, 0.25) is 0 Å². The lowest BCUT2D eigenvalue weighted by Gasteiger charge is -2.12. The van der Waals surface area contributed by atoms with Crippen LogP contribution >= 0.6 is 11.3 Å². The Balaban J connectivity index is 1.77. The van der Waals surface area contributed by atoms with Gasteiger partial charge in [0.05, 0.1) is 0 Å². The molecule has 1 heterocycles. The second-order valence-corrected chi connectivity index (χ2v) is 6.11. The number of hydrogen-bond donors (Lipinski definition) is 1. The van der Waals surface area contributed by atoms with Gasteiger partial charge in [0.2, 0.25) is 0 Å². The van der Waals surface area contributed by atoms with E-state index in [1.807, 2.05) is 48.7 Å². The summed E-state index contributed by atoms with van der Waals surface area (Å²) in [5.74, 6) is -0.847. The molecule has 0 fully saturated rings. The third-order valence-corrected chi connectivity index (χ3v) is 4.01. The van der Waals surface area contributed by atoms with Gasteiger partial charge in [0.15, 0.2) is 6.10 Å². The van der Waals surface area contributed by atoms with Gasteiger partial charge >= 0.3 is 5.97 Å². The van der Waals surface area contributed by atoms with E-state index in [0.29, 0.717) is 6.54 Å². The number of benzene rings is 1. The summed E-state index contributed by atoms with van der Waals surface area (Å²) in [6.45, 7) is 3.97. The predicted molar refractivity (Wildman–Crippen MR) is 91.9 cm³/mol. The molecule has 1 atom stereocenters. The fourth-order valence-corrected chi connectivity index (χ4v) is 2.46. The number of amides is 1. The Kier molecular flexibility index (Phi) is 6.11. The number of esters is 1. The van der Waals surface area contributed by atoms with E-state index in [1.54, 1.807) is 13.0 Å². The molecule has 0 saturated heterocycles. The van der Waals surface area contributed by atoms with Crippen molar-refractivity contribution in [2.75, 3.05) is 0 Å². The molecule has 0 aliphatic heterocycles. The molecule has 0 radical (unpaired) electrons. The van der Waals surface area contributed by atoms with E-state index >= 15 is 0 Å². The molecule has 5 heteroatoms. The molecular weight excluding hydrogens is 310 g/mol. The van der Waals surface area contributed by atoms with Gasteiger partial charge in [-0.1, -0.05) is 35.9 Å². The summed E-state index contributed by atoms with van der Waals surface area (Å²) in [6, 6.07) is 11.7.